The van der Waals surface area contributed by atoms with Gasteiger partial charge in [-0.3, -0.25) is 0 Å². The van der Waals surface area contributed by atoms with Crippen LogP contribution < -0.4 is 0 Å². The van der Waals surface area contributed by atoms with E-state index >= 15 is 0 Å². The fraction of sp³-hybridized carbons (Fsp3) is 0. The predicted octanol–water partition coefficient (Wildman–Crippen LogP) is 3.48. The van der Waals surface area contributed by atoms with Crippen molar-refractivity contribution in [3.8, 4) is 0 Å². The molecule has 1 aromatic carbocycles. The molecule has 0 unspecified atom stereocenters. The summed E-state index contributed by atoms with van der Waals surface area (Å²) in [4.78, 5) is 0. The van der Waals surface area contributed by atoms with Crippen LogP contribution in [0.25, 0.3) is 0 Å². The van der Waals surface area contributed by atoms with Gasteiger partial charge >= 0.3 is 10.5 Å². The highest BCUT2D eigenvalue weighted by Gasteiger charge is 2.14. The predicted molar refractivity (Wildman–Crippen MR) is 52.4 cm³/mol. The van der Waals surface area contributed by atoms with Gasteiger partial charge in [-0.1, -0.05) is 34.8 Å². The van der Waals surface area contributed by atoms with Crippen molar-refractivity contribution in [3.63, 3.8) is 0 Å². The Labute approximate surface area is 95.1 Å². The lowest BCUT2D eigenvalue weighted by atomic mass is 10.3. The van der Waals surface area contributed by atoms with E-state index in [0.29, 0.717) is 0 Å². The smallest absolute Gasteiger partial charge is 0.205 e. The van der Waals surface area contributed by atoms with Crippen molar-refractivity contribution in [1.29, 1.82) is 0 Å². The Morgan fingerprint density at radius 2 is 1.79 bits per heavy atom. The molecule has 0 saturated heterocycles. The van der Waals surface area contributed by atoms with E-state index in [1.807, 2.05) is 0 Å². The van der Waals surface area contributed by atoms with Crippen LogP contribution in [0.3, 0.4) is 0 Å². The molecule has 1 rings (SSSR count). The van der Waals surface area contributed by atoms with Gasteiger partial charge in [-0.15, -0.1) is 4.36 Å². The summed E-state index contributed by atoms with van der Waals surface area (Å²) < 4.78 is 36.4. The summed E-state index contributed by atoms with van der Waals surface area (Å²) >= 11 is 16.4. The normalized spacial score (nSPS) is 10.0. The summed E-state index contributed by atoms with van der Waals surface area (Å²) in [5, 5.41) is -0.970. The van der Waals surface area contributed by atoms with Crippen molar-refractivity contribution in [2.75, 3.05) is 0 Å². The first kappa shape index (κ1) is 11.7. The van der Waals surface area contributed by atoms with Gasteiger partial charge in [0.15, 0.2) is 0 Å². The van der Waals surface area contributed by atoms with Gasteiger partial charge in [0.2, 0.25) is 0 Å². The monoisotopic (exact) mass is 275 g/mol. The molecule has 76 valence electrons. The standard InChI is InChI=1S/C6HCl3FNO2S/c7-2-1-3(10)4(8)5(9)6(2)11-14(12)13/h1H. The van der Waals surface area contributed by atoms with Crippen LogP contribution in [0.5, 0.6) is 0 Å². The lowest BCUT2D eigenvalue weighted by Crippen LogP contribution is -1.80. The highest BCUT2D eigenvalue weighted by atomic mass is 35.5. The zero-order valence-corrected chi connectivity index (χ0v) is 9.35. The Balaban J connectivity index is 3.60. The second-order valence-corrected chi connectivity index (χ2v) is 3.91. The molecule has 0 aliphatic carbocycles. The fourth-order valence-electron chi connectivity index (χ4n) is 0.715. The number of hydrogen-bond acceptors (Lipinski definition) is 3. The van der Waals surface area contributed by atoms with Gasteiger partial charge in [0.25, 0.3) is 0 Å². The quantitative estimate of drug-likeness (QED) is 0.582. The largest absolute Gasteiger partial charge is 0.316 e. The molecular weight excluding hydrogens is 275 g/mol. The lowest BCUT2D eigenvalue weighted by molar-refractivity contribution is 0.621. The highest BCUT2D eigenvalue weighted by molar-refractivity contribution is 7.61. The van der Waals surface area contributed by atoms with Crippen LogP contribution in [-0.2, 0) is 10.5 Å². The Hall–Kier alpha value is -0.360. The van der Waals surface area contributed by atoms with Gasteiger partial charge in [0.1, 0.15) is 11.5 Å². The number of nitrogens with zero attached hydrogens (tertiary/aromatic N) is 1. The molecule has 0 aromatic heterocycles. The van der Waals surface area contributed by atoms with Crippen LogP contribution in [0.2, 0.25) is 15.1 Å². The van der Waals surface area contributed by atoms with Crippen molar-refractivity contribution >= 4 is 51.0 Å². The summed E-state index contributed by atoms with van der Waals surface area (Å²) in [5.41, 5.74) is -0.270. The van der Waals surface area contributed by atoms with Gasteiger partial charge in [0.05, 0.1) is 15.1 Å². The Morgan fingerprint density at radius 1 is 1.21 bits per heavy atom. The highest BCUT2D eigenvalue weighted by Crippen LogP contribution is 2.39. The maximum atomic E-state index is 12.9. The Morgan fingerprint density at radius 3 is 2.29 bits per heavy atom. The average Bonchev–Trinajstić information content (AvgIpc) is 2.09. The van der Waals surface area contributed by atoms with Crippen molar-refractivity contribution < 1.29 is 12.8 Å². The molecule has 14 heavy (non-hydrogen) atoms. The number of benzene rings is 1. The number of halogens is 4. The zero-order valence-electron chi connectivity index (χ0n) is 6.26. The minimum absolute atomic E-state index is 0.221. The topological polar surface area (TPSA) is 46.5 Å². The molecule has 8 heteroatoms. The van der Waals surface area contributed by atoms with E-state index in [-0.39, 0.29) is 15.7 Å². The SMILES string of the molecule is O=S(=O)=Nc1c(Cl)cc(F)c(Cl)c1Cl. The summed E-state index contributed by atoms with van der Waals surface area (Å²) in [5.74, 6) is -0.836. The molecule has 1 aromatic rings. The first-order valence-electron chi connectivity index (χ1n) is 3.07. The minimum Gasteiger partial charge on any atom is -0.205 e. The van der Waals surface area contributed by atoms with Crippen LogP contribution in [0.4, 0.5) is 10.1 Å². The molecule has 0 bridgehead atoms. The molecule has 0 atom stereocenters. The molecule has 0 saturated carbocycles. The van der Waals surface area contributed by atoms with Crippen LogP contribution in [0.15, 0.2) is 10.4 Å². The number of rotatable bonds is 1. The van der Waals surface area contributed by atoms with Crippen molar-refractivity contribution in [1.82, 2.24) is 0 Å². The van der Waals surface area contributed by atoms with Crippen LogP contribution in [-0.4, -0.2) is 8.42 Å². The molecule has 0 amide bonds. The third-order valence-corrected chi connectivity index (χ3v) is 2.71. The number of hydrogen-bond donors (Lipinski definition) is 0. The van der Waals surface area contributed by atoms with Gasteiger partial charge in [-0.05, 0) is 6.07 Å². The van der Waals surface area contributed by atoms with E-state index in [4.69, 9.17) is 34.8 Å². The molecule has 0 N–H and O–H groups in total. The van der Waals surface area contributed by atoms with E-state index in [2.05, 4.69) is 4.36 Å². The van der Waals surface area contributed by atoms with Gasteiger partial charge in [-0.25, -0.2) is 4.39 Å². The molecule has 0 radical (unpaired) electrons. The van der Waals surface area contributed by atoms with Gasteiger partial charge in [-0.2, -0.15) is 8.42 Å². The van der Waals surface area contributed by atoms with E-state index in [0.717, 1.165) is 6.07 Å². The van der Waals surface area contributed by atoms with Crippen molar-refractivity contribution in [2.24, 2.45) is 4.36 Å². The van der Waals surface area contributed by atoms with Crippen molar-refractivity contribution in [3.05, 3.63) is 27.0 Å². The summed E-state index contributed by atoms with van der Waals surface area (Å²) in [7, 11) is -2.73. The second kappa shape index (κ2) is 4.44. The van der Waals surface area contributed by atoms with Crippen LogP contribution in [0, 0.1) is 5.82 Å². The summed E-state index contributed by atoms with van der Waals surface area (Å²) in [6, 6.07) is 0.835. The van der Waals surface area contributed by atoms with E-state index in [1.165, 1.54) is 0 Å². The Bertz CT molecular complexity index is 506. The maximum Gasteiger partial charge on any atom is 0.316 e. The average molecular weight is 277 g/mol. The molecular formula is C6HCl3FNO2S. The second-order valence-electron chi connectivity index (χ2n) is 2.13. The summed E-state index contributed by atoms with van der Waals surface area (Å²) in [6.45, 7) is 0. The minimum atomic E-state index is -2.73. The summed E-state index contributed by atoms with van der Waals surface area (Å²) in [6.07, 6.45) is 0. The maximum absolute atomic E-state index is 12.9. The Kier molecular flexibility index (Phi) is 3.71. The molecule has 0 fully saturated rings. The molecule has 0 spiro atoms. The van der Waals surface area contributed by atoms with Crippen LogP contribution >= 0.6 is 34.8 Å². The zero-order chi connectivity index (χ0) is 10.9. The third-order valence-electron chi connectivity index (χ3n) is 1.26. The fourth-order valence-corrected chi connectivity index (χ4v) is 1.81. The molecule has 0 heterocycles. The van der Waals surface area contributed by atoms with E-state index in [9.17, 15) is 12.8 Å². The van der Waals surface area contributed by atoms with E-state index in [1.54, 1.807) is 0 Å². The van der Waals surface area contributed by atoms with E-state index < -0.39 is 21.3 Å². The lowest BCUT2D eigenvalue weighted by Gasteiger charge is -2.02. The van der Waals surface area contributed by atoms with Gasteiger partial charge in [0, 0.05) is 0 Å². The molecule has 0 aliphatic heterocycles. The van der Waals surface area contributed by atoms with Gasteiger partial charge < -0.3 is 0 Å². The first-order valence-corrected chi connectivity index (χ1v) is 5.24. The third kappa shape index (κ3) is 2.36. The van der Waals surface area contributed by atoms with Crippen LogP contribution in [0.1, 0.15) is 0 Å². The molecule has 3 nitrogen and oxygen atoms in total. The first-order chi connectivity index (χ1) is 6.43. The molecule has 0 aliphatic rings. The van der Waals surface area contributed by atoms with Crippen molar-refractivity contribution in [2.45, 2.75) is 0 Å².